The van der Waals surface area contributed by atoms with Crippen LogP contribution in [0.15, 0.2) is 12.1 Å². The highest BCUT2D eigenvalue weighted by molar-refractivity contribution is 5.96. The van der Waals surface area contributed by atoms with Gasteiger partial charge in [-0.15, -0.1) is 0 Å². The number of benzene rings is 1. The van der Waals surface area contributed by atoms with Crippen LogP contribution in [0.2, 0.25) is 0 Å². The summed E-state index contributed by atoms with van der Waals surface area (Å²) in [6, 6.07) is 2.84. The standard InChI is InChI=1S/C20H27N3O5/c1-20(2,3)28-19(25)23-9-7-8-14(12-23)22-18(24)13-10-15(26-5)17(21-4)16(11-13)27-6/h10-11,14H,7-9,12H2,1-3,5-6H3,(H,22,24)/i4-1. The zero-order chi connectivity index (χ0) is 20.9. The average molecular weight is 388 g/mol. The number of nitrogens with one attached hydrogen (secondary N) is 1. The van der Waals surface area contributed by atoms with Gasteiger partial charge < -0.3 is 24.4 Å². The molecule has 0 spiro atoms. The molecule has 1 aliphatic heterocycles. The number of likely N-dealkylation sites (tertiary alicyclic amines) is 1. The molecule has 1 unspecified atom stereocenters. The van der Waals surface area contributed by atoms with Gasteiger partial charge in [0, 0.05) is 24.7 Å². The molecule has 0 saturated carbocycles. The predicted octanol–water partition coefficient (Wildman–Crippen LogP) is 3.38. The van der Waals surface area contributed by atoms with E-state index in [0.29, 0.717) is 18.7 Å². The molecule has 152 valence electrons. The number of carbonyl (C=O) groups is 2. The Hall–Kier alpha value is -2.95. The van der Waals surface area contributed by atoms with E-state index in [1.807, 2.05) is 20.8 Å². The molecular weight excluding hydrogens is 361 g/mol. The van der Waals surface area contributed by atoms with Gasteiger partial charge in [-0.3, -0.25) is 4.79 Å². The third kappa shape index (κ3) is 5.28. The lowest BCUT2D eigenvalue weighted by Crippen LogP contribution is -2.50. The van der Waals surface area contributed by atoms with Crippen molar-refractivity contribution in [3.8, 4) is 11.5 Å². The number of hydrogen-bond donors (Lipinski definition) is 1. The molecule has 1 fully saturated rings. The van der Waals surface area contributed by atoms with Gasteiger partial charge in [-0.2, -0.15) is 0 Å². The van der Waals surface area contributed by atoms with Crippen LogP contribution in [-0.4, -0.2) is 55.9 Å². The van der Waals surface area contributed by atoms with Crippen molar-refractivity contribution < 1.29 is 23.8 Å². The zero-order valence-corrected chi connectivity index (χ0v) is 17.0. The monoisotopic (exact) mass is 388 g/mol. The van der Waals surface area contributed by atoms with Crippen LogP contribution >= 0.6 is 0 Å². The lowest BCUT2D eigenvalue weighted by molar-refractivity contribution is 0.0185. The molecule has 2 amide bonds. The van der Waals surface area contributed by atoms with E-state index in [-0.39, 0.29) is 35.2 Å². The van der Waals surface area contributed by atoms with Crippen LogP contribution in [-0.2, 0) is 4.74 Å². The molecule has 0 radical (unpaired) electrons. The summed E-state index contributed by atoms with van der Waals surface area (Å²) in [5.74, 6) is 0.237. The Balaban J connectivity index is 2.10. The number of ether oxygens (including phenoxy) is 3. The molecular formula is C20H27N3O5. The fourth-order valence-corrected chi connectivity index (χ4v) is 2.99. The molecule has 2 rings (SSSR count). The van der Waals surface area contributed by atoms with Crippen LogP contribution in [0.3, 0.4) is 0 Å². The van der Waals surface area contributed by atoms with Gasteiger partial charge in [0.15, 0.2) is 0 Å². The van der Waals surface area contributed by atoms with E-state index in [4.69, 9.17) is 20.8 Å². The number of hydrogen-bond acceptors (Lipinski definition) is 5. The van der Waals surface area contributed by atoms with Crippen LogP contribution in [0.25, 0.3) is 4.85 Å². The fourth-order valence-electron chi connectivity index (χ4n) is 2.99. The number of methoxy groups -OCH3 is 2. The highest BCUT2D eigenvalue weighted by atomic mass is 16.6. The maximum atomic E-state index is 12.7. The third-order valence-corrected chi connectivity index (χ3v) is 4.26. The summed E-state index contributed by atoms with van der Waals surface area (Å²) >= 11 is 0. The van der Waals surface area contributed by atoms with Gasteiger partial charge in [0.05, 0.1) is 20.8 Å². The lowest BCUT2D eigenvalue weighted by atomic mass is 10.0. The van der Waals surface area contributed by atoms with E-state index in [2.05, 4.69) is 10.2 Å². The second kappa shape index (κ2) is 8.83. The Bertz CT molecular complexity index is 754. The van der Waals surface area contributed by atoms with Gasteiger partial charge in [0.2, 0.25) is 0 Å². The molecule has 8 nitrogen and oxygen atoms in total. The van der Waals surface area contributed by atoms with Gasteiger partial charge in [-0.05, 0) is 45.7 Å². The summed E-state index contributed by atoms with van der Waals surface area (Å²) < 4.78 is 15.8. The first kappa shape index (κ1) is 21.4. The Kier molecular flexibility index (Phi) is 6.73. The number of rotatable bonds is 4. The normalized spacial score (nSPS) is 16.7. The molecule has 28 heavy (non-hydrogen) atoms. The highest BCUT2D eigenvalue weighted by Crippen LogP contribution is 2.38. The van der Waals surface area contributed by atoms with Crippen LogP contribution < -0.4 is 14.8 Å². The van der Waals surface area contributed by atoms with E-state index in [9.17, 15) is 9.59 Å². The van der Waals surface area contributed by atoms with E-state index in [1.54, 1.807) is 4.90 Å². The van der Waals surface area contributed by atoms with E-state index >= 15 is 0 Å². The summed E-state index contributed by atoms with van der Waals surface area (Å²) in [7, 11) is 2.87. The molecule has 0 aromatic heterocycles. The molecule has 1 atom stereocenters. The van der Waals surface area contributed by atoms with Crippen LogP contribution in [0.4, 0.5) is 10.5 Å². The zero-order valence-electron chi connectivity index (χ0n) is 17.0. The van der Waals surface area contributed by atoms with Crippen LogP contribution in [0.5, 0.6) is 11.5 Å². The number of carbonyl (C=O) groups excluding carboxylic acids is 2. The van der Waals surface area contributed by atoms with Gasteiger partial charge >= 0.3 is 6.09 Å². The summed E-state index contributed by atoms with van der Waals surface area (Å²) in [4.78, 5) is 30.0. The van der Waals surface area contributed by atoms with E-state index in [0.717, 1.165) is 12.8 Å². The summed E-state index contributed by atoms with van der Waals surface area (Å²) in [5, 5.41) is 2.95. The van der Waals surface area contributed by atoms with Crippen molar-refractivity contribution in [3.63, 3.8) is 0 Å². The lowest BCUT2D eigenvalue weighted by Gasteiger charge is -2.34. The Morgan fingerprint density at radius 3 is 2.32 bits per heavy atom. The van der Waals surface area contributed by atoms with Crippen molar-refractivity contribution in [2.24, 2.45) is 0 Å². The molecule has 1 aliphatic rings. The first-order valence-electron chi connectivity index (χ1n) is 9.10. The first-order valence-corrected chi connectivity index (χ1v) is 9.10. The van der Waals surface area contributed by atoms with E-state index in [1.165, 1.54) is 26.4 Å². The maximum Gasteiger partial charge on any atom is 0.410 e. The topological polar surface area (TPSA) is 81.5 Å². The number of amides is 2. The van der Waals surface area contributed by atoms with Gasteiger partial charge in [0.25, 0.3) is 11.6 Å². The molecule has 1 saturated heterocycles. The minimum atomic E-state index is -0.564. The Labute approximate surface area is 165 Å². The summed E-state index contributed by atoms with van der Waals surface area (Å²) in [6.45, 7) is 13.7. The number of piperidine rings is 1. The Morgan fingerprint density at radius 1 is 1.21 bits per heavy atom. The number of nitrogens with zero attached hydrogens (tertiary/aromatic N) is 2. The fraction of sp³-hybridized carbons (Fsp3) is 0.550. The van der Waals surface area contributed by atoms with Gasteiger partial charge in [0.1, 0.15) is 17.1 Å². The minimum absolute atomic E-state index is 0.189. The van der Waals surface area contributed by atoms with Crippen molar-refractivity contribution in [2.75, 3.05) is 27.3 Å². The second-order valence-corrected chi connectivity index (χ2v) is 7.58. The smallest absolute Gasteiger partial charge is 0.410 e. The quantitative estimate of drug-likeness (QED) is 0.800. The average Bonchev–Trinajstić information content (AvgIpc) is 2.65. The third-order valence-electron chi connectivity index (χ3n) is 4.26. The summed E-state index contributed by atoms with van der Waals surface area (Å²) in [5.41, 5.74) is -0.0174. The molecule has 1 heterocycles. The van der Waals surface area contributed by atoms with Crippen LogP contribution in [0.1, 0.15) is 44.0 Å². The maximum absolute atomic E-state index is 12.7. The molecule has 0 bridgehead atoms. The molecule has 1 N–H and O–H groups in total. The van der Waals surface area contributed by atoms with Crippen molar-refractivity contribution in [1.82, 2.24) is 10.2 Å². The van der Waals surface area contributed by atoms with Crippen LogP contribution in [0, 0.1) is 6.57 Å². The highest BCUT2D eigenvalue weighted by Gasteiger charge is 2.29. The molecule has 1 aromatic carbocycles. The summed E-state index contributed by atoms with van der Waals surface area (Å²) in [6.07, 6.45) is 1.16. The van der Waals surface area contributed by atoms with Gasteiger partial charge in [-0.25, -0.2) is 9.64 Å². The van der Waals surface area contributed by atoms with Crippen molar-refractivity contribution in [2.45, 2.75) is 45.3 Å². The first-order chi connectivity index (χ1) is 13.2. The largest absolute Gasteiger partial charge is 0.508 e. The molecule has 1 aromatic rings. The van der Waals surface area contributed by atoms with Crippen molar-refractivity contribution >= 4 is 17.7 Å². The SMILES string of the molecule is COc1cc(C(=O)NC2CCCN(C(=O)OC(C)(C)C)C2)cc(OC)c1[N+]#[11C-]. The molecule has 0 aliphatic carbocycles. The van der Waals surface area contributed by atoms with Crippen molar-refractivity contribution in [1.29, 1.82) is 0 Å². The van der Waals surface area contributed by atoms with Gasteiger partial charge in [-0.1, -0.05) is 0 Å². The van der Waals surface area contributed by atoms with E-state index < -0.39 is 5.60 Å². The van der Waals surface area contributed by atoms with Crippen molar-refractivity contribution in [3.05, 3.63) is 29.1 Å². The second-order valence-electron chi connectivity index (χ2n) is 7.58. The minimum Gasteiger partial charge on any atom is -0.508 e. The predicted molar refractivity (Wildman–Crippen MR) is 104 cm³/mol. The molecule has 8 heteroatoms. The Morgan fingerprint density at radius 2 is 1.82 bits per heavy atom.